The number of rotatable bonds is 6. The Morgan fingerprint density at radius 2 is 2.00 bits per heavy atom. The molecule has 0 radical (unpaired) electrons. The van der Waals surface area contributed by atoms with Gasteiger partial charge in [-0.1, -0.05) is 0 Å². The van der Waals surface area contributed by atoms with Crippen molar-refractivity contribution in [1.82, 2.24) is 5.32 Å². The van der Waals surface area contributed by atoms with Crippen molar-refractivity contribution in [2.75, 3.05) is 14.2 Å². The predicted molar refractivity (Wildman–Crippen MR) is 70.6 cm³/mol. The van der Waals surface area contributed by atoms with Crippen LogP contribution >= 0.6 is 0 Å². The zero-order valence-electron chi connectivity index (χ0n) is 11.7. The molecule has 0 spiro atoms. The number of benzene rings is 1. The van der Waals surface area contributed by atoms with Gasteiger partial charge in [0, 0.05) is 6.42 Å². The van der Waals surface area contributed by atoms with E-state index in [1.54, 1.807) is 26.1 Å². The van der Waals surface area contributed by atoms with Gasteiger partial charge in [-0.05, 0) is 45.2 Å². The highest BCUT2D eigenvalue weighted by Gasteiger charge is 2.34. The molecule has 5 heteroatoms. The van der Waals surface area contributed by atoms with Gasteiger partial charge < -0.3 is 14.8 Å². The third-order valence-electron chi connectivity index (χ3n) is 3.03. The number of hydrogen-bond acceptors (Lipinski definition) is 4. The Labute approximate surface area is 112 Å². The summed E-state index contributed by atoms with van der Waals surface area (Å²) in [5.74, 6) is -0.0867. The molecule has 1 N–H and O–H groups in total. The SMILES string of the molecule is CNC(C)(CC(C)Oc1ccc(F)cc1)C(=O)OC. The second kappa shape index (κ2) is 6.52. The van der Waals surface area contributed by atoms with Gasteiger partial charge in [0.25, 0.3) is 0 Å². The van der Waals surface area contributed by atoms with E-state index in [2.05, 4.69) is 5.32 Å². The molecular weight excluding hydrogens is 249 g/mol. The van der Waals surface area contributed by atoms with E-state index in [9.17, 15) is 9.18 Å². The lowest BCUT2D eigenvalue weighted by atomic mass is 9.95. The monoisotopic (exact) mass is 269 g/mol. The van der Waals surface area contributed by atoms with Crippen LogP contribution in [0.1, 0.15) is 20.3 Å². The molecule has 2 atom stereocenters. The smallest absolute Gasteiger partial charge is 0.325 e. The van der Waals surface area contributed by atoms with Crippen molar-refractivity contribution < 1.29 is 18.7 Å². The summed E-state index contributed by atoms with van der Waals surface area (Å²) in [7, 11) is 3.05. The van der Waals surface area contributed by atoms with E-state index >= 15 is 0 Å². The topological polar surface area (TPSA) is 47.6 Å². The van der Waals surface area contributed by atoms with E-state index in [4.69, 9.17) is 9.47 Å². The molecule has 0 aliphatic heterocycles. The van der Waals surface area contributed by atoms with Crippen LogP contribution < -0.4 is 10.1 Å². The van der Waals surface area contributed by atoms with Crippen LogP contribution in [-0.2, 0) is 9.53 Å². The van der Waals surface area contributed by atoms with E-state index < -0.39 is 5.54 Å². The second-order valence-electron chi connectivity index (χ2n) is 4.66. The lowest BCUT2D eigenvalue weighted by Crippen LogP contribution is -2.50. The molecule has 1 aromatic carbocycles. The summed E-state index contributed by atoms with van der Waals surface area (Å²) in [6.07, 6.45) is 0.218. The van der Waals surface area contributed by atoms with Crippen LogP contribution in [0.25, 0.3) is 0 Å². The summed E-state index contributed by atoms with van der Waals surface area (Å²) in [6.45, 7) is 3.60. The van der Waals surface area contributed by atoms with Gasteiger partial charge in [0.05, 0.1) is 13.2 Å². The summed E-state index contributed by atoms with van der Waals surface area (Å²) in [5, 5.41) is 2.94. The minimum absolute atomic E-state index is 0.220. The number of ether oxygens (including phenoxy) is 2. The fourth-order valence-electron chi connectivity index (χ4n) is 1.87. The predicted octanol–water partition coefficient (Wildman–Crippen LogP) is 2.13. The van der Waals surface area contributed by atoms with Gasteiger partial charge in [-0.25, -0.2) is 4.39 Å². The number of methoxy groups -OCH3 is 1. The first-order chi connectivity index (χ1) is 8.91. The van der Waals surface area contributed by atoms with Crippen LogP contribution in [0.2, 0.25) is 0 Å². The molecule has 0 saturated heterocycles. The van der Waals surface area contributed by atoms with Gasteiger partial charge in [-0.2, -0.15) is 0 Å². The number of halogens is 1. The van der Waals surface area contributed by atoms with Crippen LogP contribution in [0.4, 0.5) is 4.39 Å². The molecule has 0 amide bonds. The minimum atomic E-state index is -0.811. The van der Waals surface area contributed by atoms with Crippen LogP contribution in [0.3, 0.4) is 0 Å². The van der Waals surface area contributed by atoms with Crippen LogP contribution in [0.5, 0.6) is 5.75 Å². The Kier molecular flexibility index (Phi) is 5.30. The number of carbonyl (C=O) groups is 1. The Balaban J connectivity index is 2.65. The molecule has 0 fully saturated rings. The highest BCUT2D eigenvalue weighted by Crippen LogP contribution is 2.19. The number of hydrogen-bond donors (Lipinski definition) is 1. The number of esters is 1. The van der Waals surface area contributed by atoms with Gasteiger partial charge >= 0.3 is 5.97 Å². The first kappa shape index (κ1) is 15.4. The van der Waals surface area contributed by atoms with Crippen molar-refractivity contribution >= 4 is 5.97 Å². The fourth-order valence-corrected chi connectivity index (χ4v) is 1.87. The normalized spacial score (nSPS) is 15.4. The Morgan fingerprint density at radius 1 is 1.42 bits per heavy atom. The number of likely N-dealkylation sites (N-methyl/N-ethyl adjacent to an activating group) is 1. The first-order valence-corrected chi connectivity index (χ1v) is 6.11. The molecule has 2 unspecified atom stereocenters. The maximum Gasteiger partial charge on any atom is 0.325 e. The quantitative estimate of drug-likeness (QED) is 0.804. The van der Waals surface area contributed by atoms with Crippen molar-refractivity contribution in [3.63, 3.8) is 0 Å². The van der Waals surface area contributed by atoms with Crippen LogP contribution in [0, 0.1) is 5.82 Å². The molecule has 1 aromatic rings. The average Bonchev–Trinajstić information content (AvgIpc) is 2.40. The highest BCUT2D eigenvalue weighted by molar-refractivity contribution is 5.80. The largest absolute Gasteiger partial charge is 0.491 e. The first-order valence-electron chi connectivity index (χ1n) is 6.11. The van der Waals surface area contributed by atoms with Gasteiger partial charge in [-0.3, -0.25) is 4.79 Å². The van der Waals surface area contributed by atoms with E-state index in [0.717, 1.165) is 0 Å². The van der Waals surface area contributed by atoms with Crippen molar-refractivity contribution in [3.05, 3.63) is 30.1 Å². The fraction of sp³-hybridized carbons (Fsp3) is 0.500. The van der Waals surface area contributed by atoms with Gasteiger partial charge in [0.15, 0.2) is 0 Å². The zero-order valence-corrected chi connectivity index (χ0v) is 11.7. The lowest BCUT2D eigenvalue weighted by Gasteiger charge is -2.29. The third-order valence-corrected chi connectivity index (χ3v) is 3.03. The number of nitrogens with one attached hydrogen (secondary N) is 1. The molecule has 0 bridgehead atoms. The maximum absolute atomic E-state index is 12.8. The van der Waals surface area contributed by atoms with Crippen LogP contribution in [-0.4, -0.2) is 31.8 Å². The van der Waals surface area contributed by atoms with E-state index in [0.29, 0.717) is 12.2 Å². The maximum atomic E-state index is 12.8. The summed E-state index contributed by atoms with van der Waals surface area (Å²) < 4.78 is 23.2. The van der Waals surface area contributed by atoms with Crippen molar-refractivity contribution in [1.29, 1.82) is 0 Å². The Hall–Kier alpha value is -1.62. The summed E-state index contributed by atoms with van der Waals surface area (Å²) in [5.41, 5.74) is -0.811. The van der Waals surface area contributed by atoms with E-state index in [1.165, 1.54) is 19.2 Å². The van der Waals surface area contributed by atoms with E-state index in [1.807, 2.05) is 6.92 Å². The highest BCUT2D eigenvalue weighted by atomic mass is 19.1. The van der Waals surface area contributed by atoms with Crippen molar-refractivity contribution in [3.8, 4) is 5.75 Å². The molecule has 0 heterocycles. The molecule has 0 saturated carbocycles. The Bertz CT molecular complexity index is 421. The molecule has 4 nitrogen and oxygen atoms in total. The zero-order chi connectivity index (χ0) is 14.5. The number of carbonyl (C=O) groups excluding carboxylic acids is 1. The summed E-state index contributed by atoms with van der Waals surface area (Å²) in [4.78, 5) is 11.7. The van der Waals surface area contributed by atoms with Gasteiger partial charge in [-0.15, -0.1) is 0 Å². The van der Waals surface area contributed by atoms with Crippen molar-refractivity contribution in [2.45, 2.75) is 31.9 Å². The lowest BCUT2D eigenvalue weighted by molar-refractivity contribution is -0.148. The van der Waals surface area contributed by atoms with Gasteiger partial charge in [0.1, 0.15) is 17.1 Å². The van der Waals surface area contributed by atoms with Crippen molar-refractivity contribution in [2.24, 2.45) is 0 Å². The summed E-state index contributed by atoms with van der Waals surface area (Å²) in [6, 6.07) is 5.78. The second-order valence-corrected chi connectivity index (χ2v) is 4.66. The standard InChI is InChI=1S/C14H20FNO3/c1-10(9-14(2,16-3)13(17)18-4)19-12-7-5-11(15)6-8-12/h5-8,10,16H,9H2,1-4H3. The van der Waals surface area contributed by atoms with Gasteiger partial charge in [0.2, 0.25) is 0 Å². The molecule has 0 aliphatic carbocycles. The average molecular weight is 269 g/mol. The molecule has 0 aliphatic rings. The minimum Gasteiger partial charge on any atom is -0.491 e. The molecule has 19 heavy (non-hydrogen) atoms. The Morgan fingerprint density at radius 3 is 2.47 bits per heavy atom. The van der Waals surface area contributed by atoms with E-state index in [-0.39, 0.29) is 17.9 Å². The molecule has 106 valence electrons. The van der Waals surface area contributed by atoms with Crippen LogP contribution in [0.15, 0.2) is 24.3 Å². The molecular formula is C14H20FNO3. The molecule has 0 aromatic heterocycles. The summed E-state index contributed by atoms with van der Waals surface area (Å²) >= 11 is 0. The third kappa shape index (κ3) is 4.21. The molecule has 1 rings (SSSR count).